The first-order valence-corrected chi connectivity index (χ1v) is 7.05. The maximum atomic E-state index is 11.9. The van der Waals surface area contributed by atoms with E-state index in [1.807, 2.05) is 12.1 Å². The molecule has 1 unspecified atom stereocenters. The minimum absolute atomic E-state index is 0. The Morgan fingerprint density at radius 3 is 2.90 bits per heavy atom. The number of nitrogens with zero attached hydrogens (tertiary/aromatic N) is 1. The standard InChI is InChI=1S/C14H20ClN3O.ClH/c15-12-5-1-2-6-13(12)17-14(19)7-9-18-8-3-4-11(16)10-18;/h1-2,5-6,11H,3-4,7-10,16H2,(H,17,19);1H. The SMILES string of the molecule is Cl.NC1CCCN(CCC(=O)Nc2ccccc2Cl)C1. The highest BCUT2D eigenvalue weighted by Crippen LogP contribution is 2.20. The van der Waals surface area contributed by atoms with Crippen LogP contribution in [0, 0.1) is 0 Å². The third-order valence-electron chi connectivity index (χ3n) is 3.35. The Labute approximate surface area is 131 Å². The Morgan fingerprint density at radius 2 is 2.20 bits per heavy atom. The maximum absolute atomic E-state index is 11.9. The topological polar surface area (TPSA) is 58.4 Å². The van der Waals surface area contributed by atoms with Crippen molar-refractivity contribution in [3.05, 3.63) is 29.3 Å². The van der Waals surface area contributed by atoms with Gasteiger partial charge >= 0.3 is 0 Å². The summed E-state index contributed by atoms with van der Waals surface area (Å²) in [5.41, 5.74) is 6.59. The Bertz CT molecular complexity index is 442. The van der Waals surface area contributed by atoms with Gasteiger partial charge in [0.2, 0.25) is 5.91 Å². The number of rotatable bonds is 4. The predicted molar refractivity (Wildman–Crippen MR) is 85.6 cm³/mol. The summed E-state index contributed by atoms with van der Waals surface area (Å²) in [6, 6.07) is 7.51. The molecule has 6 heteroatoms. The van der Waals surface area contributed by atoms with Gasteiger partial charge in [-0.1, -0.05) is 23.7 Å². The number of halogens is 2. The van der Waals surface area contributed by atoms with Crippen molar-refractivity contribution in [2.24, 2.45) is 5.73 Å². The van der Waals surface area contributed by atoms with E-state index in [2.05, 4.69) is 10.2 Å². The van der Waals surface area contributed by atoms with E-state index in [1.54, 1.807) is 12.1 Å². The van der Waals surface area contributed by atoms with E-state index in [0.717, 1.165) is 32.5 Å². The monoisotopic (exact) mass is 317 g/mol. The van der Waals surface area contributed by atoms with Crippen LogP contribution in [0.3, 0.4) is 0 Å². The minimum atomic E-state index is -0.00718. The Morgan fingerprint density at radius 1 is 1.45 bits per heavy atom. The van der Waals surface area contributed by atoms with Crippen LogP contribution in [0.15, 0.2) is 24.3 Å². The van der Waals surface area contributed by atoms with Gasteiger partial charge in [-0.2, -0.15) is 0 Å². The molecule has 1 aromatic rings. The van der Waals surface area contributed by atoms with Gasteiger partial charge in [-0.15, -0.1) is 12.4 Å². The van der Waals surface area contributed by atoms with Crippen LogP contribution in [-0.4, -0.2) is 36.5 Å². The summed E-state index contributed by atoms with van der Waals surface area (Å²) in [5, 5.41) is 3.40. The van der Waals surface area contributed by atoms with Crippen LogP contribution in [-0.2, 0) is 4.79 Å². The Hall–Kier alpha value is -0.810. The summed E-state index contributed by atoms with van der Waals surface area (Å²) in [5.74, 6) is -0.00718. The quantitative estimate of drug-likeness (QED) is 0.897. The van der Waals surface area contributed by atoms with Gasteiger partial charge in [0.05, 0.1) is 10.7 Å². The number of amides is 1. The zero-order chi connectivity index (χ0) is 13.7. The van der Waals surface area contributed by atoms with Gasteiger partial charge < -0.3 is 16.0 Å². The summed E-state index contributed by atoms with van der Waals surface area (Å²) < 4.78 is 0. The highest BCUT2D eigenvalue weighted by Gasteiger charge is 2.17. The number of para-hydroxylation sites is 1. The van der Waals surface area contributed by atoms with Crippen molar-refractivity contribution in [3.63, 3.8) is 0 Å². The van der Waals surface area contributed by atoms with Gasteiger partial charge in [0, 0.05) is 25.6 Å². The molecular formula is C14H21Cl2N3O. The number of hydrogen-bond acceptors (Lipinski definition) is 3. The van der Waals surface area contributed by atoms with Crippen LogP contribution in [0.4, 0.5) is 5.69 Å². The van der Waals surface area contributed by atoms with Gasteiger partial charge in [-0.25, -0.2) is 0 Å². The number of carbonyl (C=O) groups excluding carboxylic acids is 1. The predicted octanol–water partition coefficient (Wildman–Crippen LogP) is 2.51. The summed E-state index contributed by atoms with van der Waals surface area (Å²) in [6.45, 7) is 2.68. The van der Waals surface area contributed by atoms with Crippen molar-refractivity contribution in [2.45, 2.75) is 25.3 Å². The minimum Gasteiger partial charge on any atom is -0.327 e. The summed E-state index contributed by atoms with van der Waals surface area (Å²) >= 11 is 5.99. The fourth-order valence-electron chi connectivity index (χ4n) is 2.33. The van der Waals surface area contributed by atoms with Gasteiger partial charge in [0.1, 0.15) is 0 Å². The molecule has 1 aliphatic heterocycles. The average Bonchev–Trinajstić information content (AvgIpc) is 2.39. The number of hydrogen-bond donors (Lipinski definition) is 2. The molecule has 2 rings (SSSR count). The van der Waals surface area contributed by atoms with E-state index in [9.17, 15) is 4.79 Å². The number of benzene rings is 1. The van der Waals surface area contributed by atoms with E-state index in [1.165, 1.54) is 0 Å². The molecule has 0 radical (unpaired) electrons. The zero-order valence-corrected chi connectivity index (χ0v) is 12.9. The molecule has 0 aromatic heterocycles. The highest BCUT2D eigenvalue weighted by molar-refractivity contribution is 6.33. The number of carbonyl (C=O) groups is 1. The number of nitrogens with two attached hydrogens (primary N) is 1. The summed E-state index contributed by atoms with van der Waals surface area (Å²) in [4.78, 5) is 14.1. The zero-order valence-electron chi connectivity index (χ0n) is 11.3. The van der Waals surface area contributed by atoms with Gasteiger partial charge in [-0.05, 0) is 31.5 Å². The lowest BCUT2D eigenvalue weighted by Gasteiger charge is -2.30. The molecule has 1 heterocycles. The normalized spacial score (nSPS) is 19.2. The second kappa shape index (κ2) is 8.47. The van der Waals surface area contributed by atoms with Gasteiger partial charge in [0.25, 0.3) is 0 Å². The molecule has 0 saturated carbocycles. The summed E-state index contributed by atoms with van der Waals surface area (Å²) in [6.07, 6.45) is 2.67. The first-order valence-electron chi connectivity index (χ1n) is 6.67. The fraction of sp³-hybridized carbons (Fsp3) is 0.500. The number of nitrogens with one attached hydrogen (secondary N) is 1. The van der Waals surface area contributed by atoms with Crippen molar-refractivity contribution in [1.29, 1.82) is 0 Å². The molecule has 1 atom stereocenters. The molecule has 3 N–H and O–H groups in total. The van der Waals surface area contributed by atoms with Crippen molar-refractivity contribution in [3.8, 4) is 0 Å². The molecule has 0 bridgehead atoms. The Kier molecular flexibility index (Phi) is 7.30. The van der Waals surface area contributed by atoms with Crippen LogP contribution in [0.2, 0.25) is 5.02 Å². The Balaban J connectivity index is 0.00000200. The third kappa shape index (κ3) is 5.29. The molecule has 0 spiro atoms. The summed E-state index contributed by atoms with van der Waals surface area (Å²) in [7, 11) is 0. The molecule has 1 saturated heterocycles. The number of likely N-dealkylation sites (tertiary alicyclic amines) is 1. The van der Waals surface area contributed by atoms with E-state index in [0.29, 0.717) is 17.1 Å². The van der Waals surface area contributed by atoms with Crippen molar-refractivity contribution in [2.75, 3.05) is 25.0 Å². The second-order valence-electron chi connectivity index (χ2n) is 4.98. The van der Waals surface area contributed by atoms with Crippen LogP contribution in [0.5, 0.6) is 0 Å². The smallest absolute Gasteiger partial charge is 0.225 e. The van der Waals surface area contributed by atoms with Gasteiger partial charge in [0.15, 0.2) is 0 Å². The van der Waals surface area contributed by atoms with Crippen molar-refractivity contribution < 1.29 is 4.79 Å². The van der Waals surface area contributed by atoms with E-state index >= 15 is 0 Å². The van der Waals surface area contributed by atoms with Crippen LogP contribution >= 0.6 is 24.0 Å². The largest absolute Gasteiger partial charge is 0.327 e. The van der Waals surface area contributed by atoms with Gasteiger partial charge in [-0.3, -0.25) is 4.79 Å². The maximum Gasteiger partial charge on any atom is 0.225 e. The lowest BCUT2D eigenvalue weighted by atomic mass is 10.1. The van der Waals surface area contributed by atoms with Crippen molar-refractivity contribution in [1.82, 2.24) is 4.90 Å². The molecule has 1 fully saturated rings. The average molecular weight is 318 g/mol. The molecule has 1 aliphatic rings. The highest BCUT2D eigenvalue weighted by atomic mass is 35.5. The lowest BCUT2D eigenvalue weighted by Crippen LogP contribution is -2.43. The van der Waals surface area contributed by atoms with Crippen LogP contribution < -0.4 is 11.1 Å². The fourth-order valence-corrected chi connectivity index (χ4v) is 2.51. The second-order valence-corrected chi connectivity index (χ2v) is 5.39. The van der Waals surface area contributed by atoms with Crippen molar-refractivity contribution >= 4 is 35.6 Å². The van der Waals surface area contributed by atoms with Crippen LogP contribution in [0.25, 0.3) is 0 Å². The number of piperidine rings is 1. The molecular weight excluding hydrogens is 297 g/mol. The lowest BCUT2D eigenvalue weighted by molar-refractivity contribution is -0.116. The molecule has 1 aromatic carbocycles. The molecule has 20 heavy (non-hydrogen) atoms. The van der Waals surface area contributed by atoms with E-state index in [4.69, 9.17) is 17.3 Å². The first-order chi connectivity index (χ1) is 9.15. The first kappa shape index (κ1) is 17.2. The van der Waals surface area contributed by atoms with Crippen LogP contribution in [0.1, 0.15) is 19.3 Å². The third-order valence-corrected chi connectivity index (χ3v) is 3.67. The van der Waals surface area contributed by atoms with E-state index in [-0.39, 0.29) is 24.4 Å². The molecule has 1 amide bonds. The molecule has 0 aliphatic carbocycles. The molecule has 112 valence electrons. The number of anilines is 1. The molecule has 4 nitrogen and oxygen atoms in total. The van der Waals surface area contributed by atoms with E-state index < -0.39 is 0 Å².